The summed E-state index contributed by atoms with van der Waals surface area (Å²) in [5.74, 6) is 0.615. The predicted molar refractivity (Wildman–Crippen MR) is 102 cm³/mol. The number of benzene rings is 1. The Labute approximate surface area is 156 Å². The molecular formula is C20H30ClFN2O. The normalized spacial score (nSPS) is 22.2. The van der Waals surface area contributed by atoms with Crippen LogP contribution >= 0.6 is 12.4 Å². The van der Waals surface area contributed by atoms with E-state index in [0.717, 1.165) is 32.4 Å². The molecule has 0 bridgehead atoms. The molecule has 1 heterocycles. The smallest absolute Gasteiger partial charge is 0.220 e. The Balaban J connectivity index is 0.00000225. The summed E-state index contributed by atoms with van der Waals surface area (Å²) in [6, 6.07) is 6.88. The molecule has 0 radical (unpaired) electrons. The topological polar surface area (TPSA) is 41.1 Å². The van der Waals surface area contributed by atoms with E-state index in [0.29, 0.717) is 18.9 Å². The van der Waals surface area contributed by atoms with Gasteiger partial charge in [-0.05, 0) is 62.4 Å². The van der Waals surface area contributed by atoms with E-state index >= 15 is 0 Å². The maximum Gasteiger partial charge on any atom is 0.220 e. The zero-order valence-electron chi connectivity index (χ0n) is 14.9. The number of amides is 1. The summed E-state index contributed by atoms with van der Waals surface area (Å²) < 4.78 is 13.3. The van der Waals surface area contributed by atoms with Crippen molar-refractivity contribution < 1.29 is 9.18 Å². The van der Waals surface area contributed by atoms with Gasteiger partial charge in [0.05, 0.1) is 0 Å². The van der Waals surface area contributed by atoms with Crippen molar-refractivity contribution >= 4 is 18.3 Å². The van der Waals surface area contributed by atoms with E-state index in [1.54, 1.807) is 12.1 Å². The van der Waals surface area contributed by atoms with Gasteiger partial charge in [-0.25, -0.2) is 4.39 Å². The quantitative estimate of drug-likeness (QED) is 0.798. The molecule has 0 aromatic heterocycles. The third-order valence-electron chi connectivity index (χ3n) is 5.83. The van der Waals surface area contributed by atoms with Gasteiger partial charge in [0.15, 0.2) is 0 Å². The molecule has 0 spiro atoms. The maximum atomic E-state index is 13.3. The summed E-state index contributed by atoms with van der Waals surface area (Å²) in [5.41, 5.74) is 1.15. The van der Waals surface area contributed by atoms with Crippen LogP contribution in [0, 0.1) is 11.7 Å². The average Bonchev–Trinajstić information content (AvgIpc) is 3.13. The lowest BCUT2D eigenvalue weighted by Crippen LogP contribution is -2.42. The second-order valence-corrected chi connectivity index (χ2v) is 7.52. The zero-order valence-corrected chi connectivity index (χ0v) is 15.7. The maximum absolute atomic E-state index is 13.3. The van der Waals surface area contributed by atoms with Crippen molar-refractivity contribution in [1.29, 1.82) is 0 Å². The van der Waals surface area contributed by atoms with Crippen LogP contribution in [0.3, 0.4) is 0 Å². The van der Waals surface area contributed by atoms with Crippen LogP contribution in [0.1, 0.15) is 56.9 Å². The molecule has 140 valence electrons. The SMILES string of the molecule is Cl.O=C(CCC1CCNC1)NCC1(c2ccc(F)cc2)CCCCC1. The average molecular weight is 369 g/mol. The standard InChI is InChI=1S/C20H29FN2O.ClH/c21-18-7-5-17(6-8-18)20(11-2-1-3-12-20)15-23-19(24)9-4-16-10-13-22-14-16;/h5-8,16,22H,1-4,9-15H2,(H,23,24);1H. The summed E-state index contributed by atoms with van der Waals surface area (Å²) in [5, 5.41) is 6.53. The summed E-state index contributed by atoms with van der Waals surface area (Å²) >= 11 is 0. The van der Waals surface area contributed by atoms with Crippen molar-refractivity contribution in [3.05, 3.63) is 35.6 Å². The summed E-state index contributed by atoms with van der Waals surface area (Å²) in [6.45, 7) is 2.81. The van der Waals surface area contributed by atoms with Gasteiger partial charge < -0.3 is 10.6 Å². The van der Waals surface area contributed by atoms with E-state index in [2.05, 4.69) is 10.6 Å². The van der Waals surface area contributed by atoms with Gasteiger partial charge in [0.2, 0.25) is 5.91 Å². The van der Waals surface area contributed by atoms with Gasteiger partial charge in [0.25, 0.3) is 0 Å². The highest BCUT2D eigenvalue weighted by Gasteiger charge is 2.34. The second kappa shape index (κ2) is 9.54. The van der Waals surface area contributed by atoms with Gasteiger partial charge in [-0.2, -0.15) is 0 Å². The highest BCUT2D eigenvalue weighted by Crippen LogP contribution is 2.39. The minimum Gasteiger partial charge on any atom is -0.355 e. The third kappa shape index (κ3) is 5.42. The fourth-order valence-corrected chi connectivity index (χ4v) is 4.25. The van der Waals surface area contributed by atoms with Crippen molar-refractivity contribution in [3.8, 4) is 0 Å². The molecule has 3 nitrogen and oxygen atoms in total. The minimum atomic E-state index is -0.195. The number of nitrogens with one attached hydrogen (secondary N) is 2. The van der Waals surface area contributed by atoms with Crippen LogP contribution in [0.2, 0.25) is 0 Å². The van der Waals surface area contributed by atoms with E-state index in [1.807, 2.05) is 12.1 Å². The molecule has 1 aromatic carbocycles. The molecular weight excluding hydrogens is 339 g/mol. The highest BCUT2D eigenvalue weighted by molar-refractivity contribution is 5.85. The lowest BCUT2D eigenvalue weighted by Gasteiger charge is -2.38. The first kappa shape index (κ1) is 20.2. The number of carbonyl (C=O) groups excluding carboxylic acids is 1. The Morgan fingerprint density at radius 2 is 1.92 bits per heavy atom. The van der Waals surface area contributed by atoms with Crippen molar-refractivity contribution in [3.63, 3.8) is 0 Å². The van der Waals surface area contributed by atoms with Crippen LogP contribution < -0.4 is 10.6 Å². The van der Waals surface area contributed by atoms with Crippen LogP contribution in [0.4, 0.5) is 4.39 Å². The van der Waals surface area contributed by atoms with E-state index in [9.17, 15) is 9.18 Å². The molecule has 2 fully saturated rings. The van der Waals surface area contributed by atoms with Crippen molar-refractivity contribution in [2.75, 3.05) is 19.6 Å². The van der Waals surface area contributed by atoms with Crippen LogP contribution in [-0.2, 0) is 10.2 Å². The van der Waals surface area contributed by atoms with Crippen molar-refractivity contribution in [2.24, 2.45) is 5.92 Å². The van der Waals surface area contributed by atoms with Gasteiger partial charge >= 0.3 is 0 Å². The van der Waals surface area contributed by atoms with Crippen LogP contribution in [0.25, 0.3) is 0 Å². The Kier molecular flexibility index (Phi) is 7.70. The largest absolute Gasteiger partial charge is 0.355 e. The Bertz CT molecular complexity index is 537. The monoisotopic (exact) mass is 368 g/mol. The van der Waals surface area contributed by atoms with E-state index in [-0.39, 0.29) is 29.5 Å². The van der Waals surface area contributed by atoms with E-state index in [1.165, 1.54) is 31.2 Å². The Hall–Kier alpha value is -1.13. The third-order valence-corrected chi connectivity index (χ3v) is 5.83. The number of halogens is 2. The van der Waals surface area contributed by atoms with Crippen molar-refractivity contribution in [1.82, 2.24) is 10.6 Å². The minimum absolute atomic E-state index is 0. The molecule has 1 atom stereocenters. The van der Waals surface area contributed by atoms with Crippen LogP contribution in [0.5, 0.6) is 0 Å². The molecule has 1 saturated carbocycles. The highest BCUT2D eigenvalue weighted by atomic mass is 35.5. The van der Waals surface area contributed by atoms with Gasteiger partial charge in [-0.15, -0.1) is 12.4 Å². The first-order chi connectivity index (χ1) is 11.7. The molecule has 1 saturated heterocycles. The van der Waals surface area contributed by atoms with E-state index < -0.39 is 0 Å². The van der Waals surface area contributed by atoms with Gasteiger partial charge in [0.1, 0.15) is 5.82 Å². The number of carbonyl (C=O) groups is 1. The molecule has 25 heavy (non-hydrogen) atoms. The molecule has 1 aliphatic carbocycles. The summed E-state index contributed by atoms with van der Waals surface area (Å²) in [7, 11) is 0. The van der Waals surface area contributed by atoms with Gasteiger partial charge in [-0.1, -0.05) is 31.4 Å². The number of hydrogen-bond acceptors (Lipinski definition) is 2. The lowest BCUT2D eigenvalue weighted by molar-refractivity contribution is -0.121. The first-order valence-electron chi connectivity index (χ1n) is 9.41. The number of rotatable bonds is 6. The van der Waals surface area contributed by atoms with E-state index in [4.69, 9.17) is 0 Å². The molecule has 2 aliphatic rings. The Morgan fingerprint density at radius 3 is 2.56 bits per heavy atom. The van der Waals surface area contributed by atoms with Gasteiger partial charge in [-0.3, -0.25) is 4.79 Å². The lowest BCUT2D eigenvalue weighted by atomic mass is 9.69. The fraction of sp³-hybridized carbons (Fsp3) is 0.650. The predicted octanol–water partition coefficient (Wildman–Crippen LogP) is 3.96. The number of hydrogen-bond donors (Lipinski definition) is 2. The molecule has 3 rings (SSSR count). The molecule has 5 heteroatoms. The second-order valence-electron chi connectivity index (χ2n) is 7.52. The van der Waals surface area contributed by atoms with Gasteiger partial charge in [0, 0.05) is 18.4 Å². The fourth-order valence-electron chi connectivity index (χ4n) is 4.25. The Morgan fingerprint density at radius 1 is 1.20 bits per heavy atom. The molecule has 1 unspecified atom stereocenters. The molecule has 2 N–H and O–H groups in total. The summed E-state index contributed by atoms with van der Waals surface area (Å²) in [4.78, 5) is 12.3. The molecule has 1 amide bonds. The molecule has 1 aliphatic heterocycles. The van der Waals surface area contributed by atoms with Crippen LogP contribution in [-0.4, -0.2) is 25.5 Å². The molecule has 1 aromatic rings. The van der Waals surface area contributed by atoms with Crippen LogP contribution in [0.15, 0.2) is 24.3 Å². The van der Waals surface area contributed by atoms with Crippen molar-refractivity contribution in [2.45, 2.75) is 56.8 Å². The summed E-state index contributed by atoms with van der Waals surface area (Å²) in [6.07, 6.45) is 8.55. The first-order valence-corrected chi connectivity index (χ1v) is 9.41. The zero-order chi connectivity index (χ0) is 16.8.